The molecule has 4 rings (SSSR count). The van der Waals surface area contributed by atoms with Gasteiger partial charge in [-0.1, -0.05) is 61.4 Å². The zero-order valence-corrected chi connectivity index (χ0v) is 17.4. The van der Waals surface area contributed by atoms with Crippen molar-refractivity contribution in [3.05, 3.63) is 66.2 Å². The molecule has 4 nitrogen and oxygen atoms in total. The van der Waals surface area contributed by atoms with E-state index in [-0.39, 0.29) is 17.7 Å². The average Bonchev–Trinajstić information content (AvgIpc) is 3.29. The van der Waals surface area contributed by atoms with Crippen LogP contribution in [0.15, 0.2) is 60.7 Å². The average molecular weight is 401 g/mol. The van der Waals surface area contributed by atoms with Crippen LogP contribution in [0.3, 0.4) is 0 Å². The number of carbonyl (C=O) groups excluding carboxylic acids is 2. The molecule has 0 aliphatic heterocycles. The number of carbonyl (C=O) groups is 2. The molecule has 3 aromatic carbocycles. The number of nitrogens with one attached hydrogen (secondary N) is 2. The van der Waals surface area contributed by atoms with Crippen LogP contribution < -0.4 is 10.6 Å². The molecule has 0 spiro atoms. The highest BCUT2D eigenvalue weighted by Gasteiger charge is 2.23. The van der Waals surface area contributed by atoms with Crippen LogP contribution in [0.5, 0.6) is 0 Å². The molecule has 0 heterocycles. The van der Waals surface area contributed by atoms with Crippen molar-refractivity contribution >= 4 is 28.3 Å². The van der Waals surface area contributed by atoms with E-state index >= 15 is 0 Å². The summed E-state index contributed by atoms with van der Waals surface area (Å²) in [4.78, 5) is 24.2. The second-order valence-corrected chi connectivity index (χ2v) is 8.11. The van der Waals surface area contributed by atoms with E-state index in [0.29, 0.717) is 13.0 Å². The summed E-state index contributed by atoms with van der Waals surface area (Å²) in [6.45, 7) is 2.10. The summed E-state index contributed by atoms with van der Waals surface area (Å²) in [6, 6.07) is 20.7. The fourth-order valence-corrected chi connectivity index (χ4v) is 4.41. The van der Waals surface area contributed by atoms with Gasteiger partial charge < -0.3 is 10.6 Å². The Morgan fingerprint density at radius 2 is 1.70 bits per heavy atom. The Kier molecular flexibility index (Phi) is 6.12. The molecular formula is C26H28N2O2. The van der Waals surface area contributed by atoms with Crippen molar-refractivity contribution in [1.29, 1.82) is 0 Å². The molecule has 0 bridgehead atoms. The summed E-state index contributed by atoms with van der Waals surface area (Å²) in [7, 11) is 0. The van der Waals surface area contributed by atoms with E-state index < -0.39 is 0 Å². The van der Waals surface area contributed by atoms with Crippen LogP contribution in [0.1, 0.15) is 38.2 Å². The first-order chi connectivity index (χ1) is 14.6. The summed E-state index contributed by atoms with van der Waals surface area (Å²) in [5, 5.41) is 8.26. The lowest BCUT2D eigenvalue weighted by atomic mass is 9.94. The molecule has 0 atom stereocenters. The van der Waals surface area contributed by atoms with Gasteiger partial charge in [-0.15, -0.1) is 0 Å². The molecule has 1 saturated carbocycles. The molecule has 1 aliphatic rings. The van der Waals surface area contributed by atoms with Gasteiger partial charge in [0.1, 0.15) is 0 Å². The maximum atomic E-state index is 12.8. The van der Waals surface area contributed by atoms with E-state index in [9.17, 15) is 9.59 Å². The van der Waals surface area contributed by atoms with Crippen molar-refractivity contribution in [2.75, 3.05) is 11.9 Å². The van der Waals surface area contributed by atoms with Crippen molar-refractivity contribution in [3.63, 3.8) is 0 Å². The monoisotopic (exact) mass is 400 g/mol. The summed E-state index contributed by atoms with van der Waals surface area (Å²) >= 11 is 0. The molecular weight excluding hydrogens is 372 g/mol. The van der Waals surface area contributed by atoms with Gasteiger partial charge in [0.15, 0.2) is 0 Å². The molecule has 1 fully saturated rings. The van der Waals surface area contributed by atoms with E-state index in [2.05, 4.69) is 41.0 Å². The molecule has 0 unspecified atom stereocenters. The standard InChI is InChI=1S/C26H28N2O2/c1-18(29)27-15-14-22-17-23(19-8-3-2-4-9-19)16-21-12-7-13-24(25(21)22)28-26(30)20-10-5-6-11-20/h2-4,7-9,12-13,16-17,20H,5-6,10-11,14-15H2,1H3,(H,27,29)(H,28,30). The van der Waals surface area contributed by atoms with Crippen molar-refractivity contribution in [2.45, 2.75) is 39.0 Å². The molecule has 0 radical (unpaired) electrons. The molecule has 154 valence electrons. The van der Waals surface area contributed by atoms with Crippen molar-refractivity contribution < 1.29 is 9.59 Å². The van der Waals surface area contributed by atoms with E-state index in [1.165, 1.54) is 6.92 Å². The Balaban J connectivity index is 1.74. The van der Waals surface area contributed by atoms with E-state index in [4.69, 9.17) is 0 Å². The van der Waals surface area contributed by atoms with E-state index in [0.717, 1.165) is 58.8 Å². The lowest BCUT2D eigenvalue weighted by Crippen LogP contribution is -2.23. The quantitative estimate of drug-likeness (QED) is 0.589. The zero-order valence-electron chi connectivity index (χ0n) is 17.4. The van der Waals surface area contributed by atoms with Gasteiger partial charge >= 0.3 is 0 Å². The Bertz CT molecular complexity index is 1050. The van der Waals surface area contributed by atoms with Gasteiger partial charge in [0, 0.05) is 30.5 Å². The number of hydrogen-bond acceptors (Lipinski definition) is 2. The van der Waals surface area contributed by atoms with Crippen molar-refractivity contribution in [3.8, 4) is 11.1 Å². The molecule has 2 amide bonds. The molecule has 2 N–H and O–H groups in total. The normalized spacial score (nSPS) is 14.0. The second-order valence-electron chi connectivity index (χ2n) is 8.11. The third-order valence-corrected chi connectivity index (χ3v) is 5.92. The van der Waals surface area contributed by atoms with E-state index in [1.54, 1.807) is 0 Å². The SMILES string of the molecule is CC(=O)NCCc1cc(-c2ccccc2)cc2cccc(NC(=O)C3CCCC3)c12. The van der Waals surface area contributed by atoms with Crippen LogP contribution in [-0.2, 0) is 16.0 Å². The Labute approximate surface area is 177 Å². The van der Waals surface area contributed by atoms with Crippen LogP contribution >= 0.6 is 0 Å². The van der Waals surface area contributed by atoms with Crippen LogP contribution in [0.25, 0.3) is 21.9 Å². The highest BCUT2D eigenvalue weighted by molar-refractivity contribution is 6.05. The number of amides is 2. The highest BCUT2D eigenvalue weighted by atomic mass is 16.2. The maximum absolute atomic E-state index is 12.8. The summed E-state index contributed by atoms with van der Waals surface area (Å²) in [6.07, 6.45) is 4.92. The summed E-state index contributed by atoms with van der Waals surface area (Å²) in [5.41, 5.74) is 4.28. The fraction of sp³-hybridized carbons (Fsp3) is 0.308. The third kappa shape index (κ3) is 4.54. The zero-order chi connectivity index (χ0) is 20.9. The number of rotatable bonds is 6. The Morgan fingerprint density at radius 1 is 0.933 bits per heavy atom. The van der Waals surface area contributed by atoms with Gasteiger partial charge in [0.2, 0.25) is 11.8 Å². The van der Waals surface area contributed by atoms with E-state index in [1.807, 2.05) is 30.3 Å². The first-order valence-corrected chi connectivity index (χ1v) is 10.8. The number of fused-ring (bicyclic) bond motifs is 1. The van der Waals surface area contributed by atoms with Gasteiger partial charge in [0.25, 0.3) is 0 Å². The topological polar surface area (TPSA) is 58.2 Å². The molecule has 0 aromatic heterocycles. The van der Waals surface area contributed by atoms with Crippen LogP contribution in [0.4, 0.5) is 5.69 Å². The molecule has 30 heavy (non-hydrogen) atoms. The molecule has 4 heteroatoms. The first kappa shape index (κ1) is 20.1. The van der Waals surface area contributed by atoms with Gasteiger partial charge in [-0.2, -0.15) is 0 Å². The predicted molar refractivity (Wildman–Crippen MR) is 122 cm³/mol. The van der Waals surface area contributed by atoms with Gasteiger partial charge in [-0.05, 0) is 53.5 Å². The fourth-order valence-electron chi connectivity index (χ4n) is 4.41. The second kappa shape index (κ2) is 9.12. The predicted octanol–water partition coefficient (Wildman–Crippen LogP) is 5.31. The summed E-state index contributed by atoms with van der Waals surface area (Å²) in [5.74, 6) is 0.208. The largest absolute Gasteiger partial charge is 0.356 e. The lowest BCUT2D eigenvalue weighted by molar-refractivity contribution is -0.120. The van der Waals surface area contributed by atoms with Crippen LogP contribution in [0.2, 0.25) is 0 Å². The Hall–Kier alpha value is -3.14. The number of hydrogen-bond donors (Lipinski definition) is 2. The van der Waals surface area contributed by atoms with Gasteiger partial charge in [-0.25, -0.2) is 0 Å². The minimum absolute atomic E-state index is 0.0340. The van der Waals surface area contributed by atoms with Gasteiger partial charge in [-0.3, -0.25) is 9.59 Å². The smallest absolute Gasteiger partial charge is 0.227 e. The number of anilines is 1. The van der Waals surface area contributed by atoms with Crippen LogP contribution in [0, 0.1) is 5.92 Å². The third-order valence-electron chi connectivity index (χ3n) is 5.92. The molecule has 3 aromatic rings. The molecule has 1 aliphatic carbocycles. The van der Waals surface area contributed by atoms with Crippen molar-refractivity contribution in [2.24, 2.45) is 5.92 Å². The summed E-state index contributed by atoms with van der Waals surface area (Å²) < 4.78 is 0. The molecule has 0 saturated heterocycles. The Morgan fingerprint density at radius 3 is 2.43 bits per heavy atom. The number of benzene rings is 3. The van der Waals surface area contributed by atoms with Crippen LogP contribution in [-0.4, -0.2) is 18.4 Å². The van der Waals surface area contributed by atoms with Gasteiger partial charge in [0.05, 0.1) is 0 Å². The minimum Gasteiger partial charge on any atom is -0.356 e. The minimum atomic E-state index is -0.0340. The van der Waals surface area contributed by atoms with Crippen molar-refractivity contribution in [1.82, 2.24) is 5.32 Å². The first-order valence-electron chi connectivity index (χ1n) is 10.8. The highest BCUT2D eigenvalue weighted by Crippen LogP contribution is 2.34. The maximum Gasteiger partial charge on any atom is 0.227 e. The lowest BCUT2D eigenvalue weighted by Gasteiger charge is -2.17.